The molecule has 4 rings (SSSR count). The highest BCUT2D eigenvalue weighted by Crippen LogP contribution is 2.50. The summed E-state index contributed by atoms with van der Waals surface area (Å²) in [5, 5.41) is 0.511. The number of halogens is 1. The molecule has 2 unspecified atom stereocenters. The summed E-state index contributed by atoms with van der Waals surface area (Å²) in [7, 11) is 1.37. The van der Waals surface area contributed by atoms with Gasteiger partial charge in [-0.1, -0.05) is 49.1 Å². The lowest BCUT2D eigenvalue weighted by molar-refractivity contribution is -0.144. The third kappa shape index (κ3) is 7.02. The van der Waals surface area contributed by atoms with Crippen LogP contribution in [0.5, 0.6) is 0 Å². The molecule has 7 heteroatoms. The van der Waals surface area contributed by atoms with Crippen molar-refractivity contribution in [1.82, 2.24) is 0 Å². The highest BCUT2D eigenvalue weighted by molar-refractivity contribution is 6.31. The minimum Gasteiger partial charge on any atom is -0.468 e. The molecule has 0 radical (unpaired) electrons. The van der Waals surface area contributed by atoms with Crippen LogP contribution in [-0.4, -0.2) is 37.9 Å². The number of nitrogens with two attached hydrogens (primary N) is 1. The number of hydrogen-bond donors (Lipinski definition) is 1. The summed E-state index contributed by atoms with van der Waals surface area (Å²) in [6.07, 6.45) is 10.7. The molecule has 2 saturated carbocycles. The SMILES string of the molecule is COC(=O)C1C(C)=NC(CCCCCCCN)=C(C(=O)OCC(C2CC2)C2CC2)C1c1ccccc1Cl. The lowest BCUT2D eigenvalue weighted by Crippen LogP contribution is -2.37. The number of methoxy groups -OCH3 is 1. The van der Waals surface area contributed by atoms with Gasteiger partial charge in [0.2, 0.25) is 0 Å². The molecule has 1 aromatic carbocycles. The molecule has 3 aliphatic rings. The normalized spacial score (nSPS) is 21.7. The van der Waals surface area contributed by atoms with Gasteiger partial charge >= 0.3 is 11.9 Å². The van der Waals surface area contributed by atoms with Crippen molar-refractivity contribution in [2.24, 2.45) is 34.4 Å². The smallest absolute Gasteiger partial charge is 0.336 e. The zero-order valence-corrected chi connectivity index (χ0v) is 23.0. The Bertz CT molecular complexity index is 1020. The molecule has 0 bridgehead atoms. The lowest BCUT2D eigenvalue weighted by atomic mass is 9.75. The van der Waals surface area contributed by atoms with Crippen LogP contribution in [-0.2, 0) is 19.1 Å². The number of unbranched alkanes of at least 4 members (excludes halogenated alkanes) is 4. The summed E-state index contributed by atoms with van der Waals surface area (Å²) < 4.78 is 11.2. The van der Waals surface area contributed by atoms with Crippen LogP contribution >= 0.6 is 11.6 Å². The van der Waals surface area contributed by atoms with Crippen molar-refractivity contribution < 1.29 is 19.1 Å². The predicted molar refractivity (Wildman–Crippen MR) is 146 cm³/mol. The Hall–Kier alpha value is -2.18. The van der Waals surface area contributed by atoms with Crippen LogP contribution in [0.25, 0.3) is 0 Å². The fourth-order valence-corrected chi connectivity index (χ4v) is 6.04. The Morgan fingerprint density at radius 3 is 2.32 bits per heavy atom. The van der Waals surface area contributed by atoms with E-state index < -0.39 is 17.8 Å². The van der Waals surface area contributed by atoms with Crippen molar-refractivity contribution in [3.8, 4) is 0 Å². The van der Waals surface area contributed by atoms with Crippen LogP contribution < -0.4 is 5.73 Å². The standard InChI is InChI=1S/C30H41ClN2O4/c1-19-26(29(34)36-2)27(22-10-7-8-11-24(22)31)28(25(33-19)12-6-4-3-5-9-17-32)30(35)37-18-23(20-13-14-20)21-15-16-21/h7-8,10-11,20-21,23,26-27H,3-6,9,12-18,32H2,1-2H3. The molecule has 1 aliphatic heterocycles. The van der Waals surface area contributed by atoms with Gasteiger partial charge in [-0.2, -0.15) is 0 Å². The lowest BCUT2D eigenvalue weighted by Gasteiger charge is -2.33. The first-order valence-corrected chi connectivity index (χ1v) is 14.3. The molecule has 0 saturated heterocycles. The number of hydrogen-bond acceptors (Lipinski definition) is 6. The molecule has 0 spiro atoms. The van der Waals surface area contributed by atoms with Gasteiger partial charge in [0.1, 0.15) is 5.92 Å². The van der Waals surface area contributed by atoms with Crippen molar-refractivity contribution >= 4 is 29.3 Å². The van der Waals surface area contributed by atoms with Gasteiger partial charge in [-0.15, -0.1) is 0 Å². The van der Waals surface area contributed by atoms with E-state index in [1.165, 1.54) is 32.8 Å². The highest BCUT2D eigenvalue weighted by atomic mass is 35.5. The maximum atomic E-state index is 13.9. The van der Waals surface area contributed by atoms with Crippen molar-refractivity contribution in [1.29, 1.82) is 0 Å². The molecule has 2 aliphatic carbocycles. The number of ether oxygens (including phenoxy) is 2. The van der Waals surface area contributed by atoms with E-state index >= 15 is 0 Å². The summed E-state index contributed by atoms with van der Waals surface area (Å²) in [4.78, 5) is 31.7. The average molecular weight is 529 g/mol. The molecule has 2 atom stereocenters. The second kappa shape index (κ2) is 13.1. The Kier molecular flexibility index (Phi) is 9.83. The van der Waals surface area contributed by atoms with Gasteiger partial charge in [0, 0.05) is 16.7 Å². The van der Waals surface area contributed by atoms with Gasteiger partial charge in [0.25, 0.3) is 0 Å². The number of esters is 2. The van der Waals surface area contributed by atoms with Gasteiger partial charge in [0.05, 0.1) is 25.0 Å². The van der Waals surface area contributed by atoms with E-state index in [-0.39, 0.29) is 5.97 Å². The maximum absolute atomic E-state index is 13.9. The van der Waals surface area contributed by atoms with Gasteiger partial charge < -0.3 is 15.2 Å². The molecule has 2 N–H and O–H groups in total. The third-order valence-electron chi connectivity index (χ3n) is 8.11. The van der Waals surface area contributed by atoms with Crippen LogP contribution in [0.4, 0.5) is 0 Å². The second-order valence-corrected chi connectivity index (χ2v) is 11.3. The Morgan fingerprint density at radius 1 is 1.05 bits per heavy atom. The maximum Gasteiger partial charge on any atom is 0.336 e. The minimum atomic E-state index is -0.733. The fraction of sp³-hybridized carbons (Fsp3) is 0.633. The largest absolute Gasteiger partial charge is 0.468 e. The Balaban J connectivity index is 1.65. The summed E-state index contributed by atoms with van der Waals surface area (Å²) in [5.41, 5.74) is 8.16. The van der Waals surface area contributed by atoms with Crippen LogP contribution in [0.15, 0.2) is 40.5 Å². The summed E-state index contributed by atoms with van der Waals surface area (Å²) >= 11 is 6.66. The highest BCUT2D eigenvalue weighted by Gasteiger charge is 2.45. The number of allylic oxidation sites excluding steroid dienone is 1. The van der Waals surface area contributed by atoms with E-state index in [2.05, 4.69) is 0 Å². The van der Waals surface area contributed by atoms with Crippen molar-refractivity contribution in [2.75, 3.05) is 20.3 Å². The molecule has 37 heavy (non-hydrogen) atoms. The zero-order chi connectivity index (χ0) is 26.4. The zero-order valence-electron chi connectivity index (χ0n) is 22.2. The first-order valence-electron chi connectivity index (χ1n) is 13.9. The number of carbonyl (C=O) groups excluding carboxylic acids is 2. The molecule has 2 fully saturated rings. The molecular formula is C30H41ClN2O4. The number of carbonyl (C=O) groups is 2. The molecule has 0 amide bonds. The monoisotopic (exact) mass is 528 g/mol. The van der Waals surface area contributed by atoms with E-state index in [9.17, 15) is 9.59 Å². The number of rotatable bonds is 14. The Labute approximate surface area is 226 Å². The second-order valence-electron chi connectivity index (χ2n) is 10.9. The topological polar surface area (TPSA) is 91.0 Å². The molecule has 6 nitrogen and oxygen atoms in total. The molecule has 1 aromatic rings. The van der Waals surface area contributed by atoms with Gasteiger partial charge in [-0.05, 0) is 87.8 Å². The predicted octanol–water partition coefficient (Wildman–Crippen LogP) is 6.22. The fourth-order valence-electron chi connectivity index (χ4n) is 5.78. The summed E-state index contributed by atoms with van der Waals surface area (Å²) in [6, 6.07) is 7.41. The van der Waals surface area contributed by atoms with E-state index in [1.807, 2.05) is 25.1 Å². The molecular weight excluding hydrogens is 488 g/mol. The minimum absolute atomic E-state index is 0.375. The van der Waals surface area contributed by atoms with Crippen LogP contribution in [0.3, 0.4) is 0 Å². The van der Waals surface area contributed by atoms with Gasteiger partial charge in [0.15, 0.2) is 0 Å². The first-order chi connectivity index (χ1) is 18.0. The molecule has 202 valence electrons. The summed E-state index contributed by atoms with van der Waals surface area (Å²) in [6.45, 7) is 2.98. The van der Waals surface area contributed by atoms with Crippen molar-refractivity contribution in [3.05, 3.63) is 46.1 Å². The molecule has 1 heterocycles. The van der Waals surface area contributed by atoms with E-state index in [0.717, 1.165) is 37.7 Å². The van der Waals surface area contributed by atoms with E-state index in [0.29, 0.717) is 59.3 Å². The van der Waals surface area contributed by atoms with Gasteiger partial charge in [-0.3, -0.25) is 9.79 Å². The quantitative estimate of drug-likeness (QED) is 0.228. The van der Waals surface area contributed by atoms with Crippen LogP contribution in [0, 0.1) is 23.7 Å². The van der Waals surface area contributed by atoms with Gasteiger partial charge in [-0.25, -0.2) is 4.79 Å². The number of benzene rings is 1. The van der Waals surface area contributed by atoms with Crippen LogP contribution in [0.1, 0.15) is 82.6 Å². The van der Waals surface area contributed by atoms with Crippen molar-refractivity contribution in [2.45, 2.75) is 77.0 Å². The Morgan fingerprint density at radius 2 is 1.70 bits per heavy atom. The van der Waals surface area contributed by atoms with Crippen molar-refractivity contribution in [3.63, 3.8) is 0 Å². The number of nitrogens with zero attached hydrogens (tertiary/aromatic N) is 1. The van der Waals surface area contributed by atoms with E-state index in [4.69, 9.17) is 31.8 Å². The molecule has 0 aromatic heterocycles. The van der Waals surface area contributed by atoms with Crippen LogP contribution in [0.2, 0.25) is 5.02 Å². The third-order valence-corrected chi connectivity index (χ3v) is 8.46. The average Bonchev–Trinajstić information content (AvgIpc) is 3.81. The van der Waals surface area contributed by atoms with E-state index in [1.54, 1.807) is 6.07 Å². The first kappa shape index (κ1) is 27.8. The number of aliphatic imine (C=N–C) groups is 1. The summed E-state index contributed by atoms with van der Waals surface area (Å²) in [5.74, 6) is -0.334.